The molecule has 1 N–H and O–H groups in total. The molecule has 0 unspecified atom stereocenters. The van der Waals surface area contributed by atoms with Gasteiger partial charge in [0.05, 0.1) is 36.6 Å². The molecule has 3 aromatic rings. The lowest BCUT2D eigenvalue weighted by Gasteiger charge is -2.49. The van der Waals surface area contributed by atoms with Crippen molar-refractivity contribution in [3.05, 3.63) is 42.6 Å². The summed E-state index contributed by atoms with van der Waals surface area (Å²) in [6.45, 7) is 1.62. The fraction of sp³-hybridized carbons (Fsp3) is 0.435. The lowest BCUT2D eigenvalue weighted by Crippen LogP contribution is -2.61. The predicted octanol–water partition coefficient (Wildman–Crippen LogP) is 4.03. The Morgan fingerprint density at radius 2 is 2.00 bits per heavy atom. The first-order valence-electron chi connectivity index (χ1n) is 11.1. The van der Waals surface area contributed by atoms with E-state index in [1.165, 1.54) is 11.1 Å². The van der Waals surface area contributed by atoms with E-state index in [4.69, 9.17) is 14.2 Å². The van der Waals surface area contributed by atoms with Crippen molar-refractivity contribution in [2.24, 2.45) is 0 Å². The number of aromatic nitrogens is 4. The molecule has 2 aromatic heterocycles. The number of nitrogens with zero attached hydrogens (tertiary/aromatic N) is 5. The maximum Gasteiger partial charge on any atom is 0.406 e. The fourth-order valence-corrected chi connectivity index (χ4v) is 4.47. The number of hydrogen-bond acceptors (Lipinski definition) is 8. The van der Waals surface area contributed by atoms with Crippen LogP contribution in [0.2, 0.25) is 0 Å². The molecule has 5 rings (SSSR count). The maximum absolute atomic E-state index is 13.6. The number of alkyl halides is 3. The van der Waals surface area contributed by atoms with Crippen molar-refractivity contribution in [2.45, 2.75) is 31.5 Å². The molecule has 0 bridgehead atoms. The third kappa shape index (κ3) is 4.70. The minimum absolute atomic E-state index is 0.116. The van der Waals surface area contributed by atoms with E-state index in [1.54, 1.807) is 25.6 Å². The van der Waals surface area contributed by atoms with Crippen molar-refractivity contribution in [3.8, 4) is 17.2 Å². The molecule has 0 radical (unpaired) electrons. The van der Waals surface area contributed by atoms with E-state index >= 15 is 0 Å². The Morgan fingerprint density at radius 1 is 1.20 bits per heavy atom. The molecule has 2 aliphatic rings. The predicted molar refractivity (Wildman–Crippen MR) is 122 cm³/mol. The molecule has 0 saturated carbocycles. The standard InChI is InChI=1S/C23H25F3N6O3/c1-15-11-31(14-28-15)17-4-3-16(9-18(17)33-2)29-21-27-10-19-20(30-21)32(12-23(24,25)26)22(13-35-19)5-7-34-8-6-22/h3-4,9-11,14H,5-8,12-13H2,1-2H3,(H,27,29,30). The van der Waals surface area contributed by atoms with Crippen LogP contribution in [0.5, 0.6) is 11.5 Å². The zero-order valence-corrected chi connectivity index (χ0v) is 19.3. The van der Waals surface area contributed by atoms with Gasteiger partial charge in [0.25, 0.3) is 0 Å². The van der Waals surface area contributed by atoms with Gasteiger partial charge in [-0.05, 0) is 31.9 Å². The molecule has 1 aromatic carbocycles. The van der Waals surface area contributed by atoms with Gasteiger partial charge in [0, 0.05) is 31.2 Å². The van der Waals surface area contributed by atoms with Gasteiger partial charge >= 0.3 is 6.18 Å². The first-order valence-corrected chi connectivity index (χ1v) is 11.1. The summed E-state index contributed by atoms with van der Waals surface area (Å²) in [7, 11) is 1.56. The molecule has 12 heteroatoms. The van der Waals surface area contributed by atoms with Crippen molar-refractivity contribution < 1.29 is 27.4 Å². The van der Waals surface area contributed by atoms with Gasteiger partial charge in [0.2, 0.25) is 5.95 Å². The van der Waals surface area contributed by atoms with E-state index in [0.29, 0.717) is 37.5 Å². The number of anilines is 3. The molecule has 1 spiro atoms. The van der Waals surface area contributed by atoms with Crippen molar-refractivity contribution in [2.75, 3.05) is 43.7 Å². The molecule has 4 heterocycles. The summed E-state index contributed by atoms with van der Waals surface area (Å²) in [6.07, 6.45) is 1.39. The van der Waals surface area contributed by atoms with Gasteiger partial charge in [-0.25, -0.2) is 9.97 Å². The molecule has 0 amide bonds. The number of fused-ring (bicyclic) bond motifs is 1. The lowest BCUT2D eigenvalue weighted by atomic mass is 9.87. The van der Waals surface area contributed by atoms with Gasteiger partial charge in [-0.1, -0.05) is 0 Å². The summed E-state index contributed by atoms with van der Waals surface area (Å²) in [5, 5.41) is 3.07. The molecule has 0 atom stereocenters. The van der Waals surface area contributed by atoms with Crippen molar-refractivity contribution in [1.82, 2.24) is 19.5 Å². The van der Waals surface area contributed by atoms with Crippen molar-refractivity contribution >= 4 is 17.5 Å². The van der Waals surface area contributed by atoms with Crippen LogP contribution >= 0.6 is 0 Å². The molecule has 0 aliphatic carbocycles. The normalized spacial score (nSPS) is 17.1. The molecule has 186 valence electrons. The van der Waals surface area contributed by atoms with Crippen LogP contribution in [-0.4, -0.2) is 64.7 Å². The van der Waals surface area contributed by atoms with Crippen LogP contribution in [0.15, 0.2) is 36.9 Å². The lowest BCUT2D eigenvalue weighted by molar-refractivity contribution is -0.126. The van der Waals surface area contributed by atoms with E-state index in [9.17, 15) is 13.2 Å². The van der Waals surface area contributed by atoms with E-state index in [0.717, 1.165) is 11.4 Å². The summed E-state index contributed by atoms with van der Waals surface area (Å²) in [5.41, 5.74) is 1.43. The number of rotatable bonds is 5. The summed E-state index contributed by atoms with van der Waals surface area (Å²) >= 11 is 0. The average molecular weight is 490 g/mol. The number of imidazole rings is 1. The van der Waals surface area contributed by atoms with Crippen molar-refractivity contribution in [3.63, 3.8) is 0 Å². The second kappa shape index (κ2) is 8.91. The highest BCUT2D eigenvalue weighted by molar-refractivity contribution is 5.65. The largest absolute Gasteiger partial charge is 0.494 e. The van der Waals surface area contributed by atoms with Gasteiger partial charge in [0.15, 0.2) is 11.6 Å². The molecule has 35 heavy (non-hydrogen) atoms. The monoisotopic (exact) mass is 490 g/mol. The third-order valence-corrected chi connectivity index (χ3v) is 6.25. The third-order valence-electron chi connectivity index (χ3n) is 6.25. The highest BCUT2D eigenvalue weighted by atomic mass is 19.4. The van der Waals surface area contributed by atoms with Gasteiger partial charge < -0.3 is 29.0 Å². The molecular formula is C23H25F3N6O3. The van der Waals surface area contributed by atoms with Gasteiger partial charge in [-0.15, -0.1) is 0 Å². The average Bonchev–Trinajstić information content (AvgIpc) is 3.27. The number of halogens is 3. The number of methoxy groups -OCH3 is 1. The fourth-order valence-electron chi connectivity index (χ4n) is 4.47. The minimum atomic E-state index is -4.41. The smallest absolute Gasteiger partial charge is 0.406 e. The Balaban J connectivity index is 1.46. The Kier molecular flexibility index (Phi) is 5.91. The second-order valence-corrected chi connectivity index (χ2v) is 8.64. The first kappa shape index (κ1) is 23.2. The number of benzene rings is 1. The van der Waals surface area contributed by atoms with Crippen LogP contribution < -0.4 is 19.7 Å². The van der Waals surface area contributed by atoms with E-state index < -0.39 is 18.3 Å². The summed E-state index contributed by atoms with van der Waals surface area (Å²) in [5.74, 6) is 1.07. The number of ether oxygens (including phenoxy) is 3. The molecule has 1 saturated heterocycles. The van der Waals surface area contributed by atoms with Gasteiger partial charge in [0.1, 0.15) is 18.9 Å². The zero-order chi connectivity index (χ0) is 24.6. The summed E-state index contributed by atoms with van der Waals surface area (Å²) in [6, 6.07) is 5.41. The zero-order valence-electron chi connectivity index (χ0n) is 19.3. The van der Waals surface area contributed by atoms with Crippen LogP contribution in [0.3, 0.4) is 0 Å². The molecular weight excluding hydrogens is 465 g/mol. The highest BCUT2D eigenvalue weighted by Crippen LogP contribution is 2.43. The van der Waals surface area contributed by atoms with Crippen LogP contribution in [0.1, 0.15) is 18.5 Å². The number of hydrogen-bond donors (Lipinski definition) is 1. The van der Waals surface area contributed by atoms with E-state index in [2.05, 4.69) is 20.3 Å². The number of aryl methyl sites for hydroxylation is 1. The van der Waals surface area contributed by atoms with E-state index in [1.807, 2.05) is 23.8 Å². The Hall–Kier alpha value is -3.54. The Bertz CT molecular complexity index is 1210. The van der Waals surface area contributed by atoms with Crippen LogP contribution in [0.25, 0.3) is 5.69 Å². The van der Waals surface area contributed by atoms with Crippen molar-refractivity contribution in [1.29, 1.82) is 0 Å². The highest BCUT2D eigenvalue weighted by Gasteiger charge is 2.48. The SMILES string of the molecule is COc1cc(Nc2ncc3c(n2)N(CC(F)(F)F)C2(CCOCC2)CO3)ccc1-n1cnc(C)c1. The molecule has 9 nitrogen and oxygen atoms in total. The summed E-state index contributed by atoms with van der Waals surface area (Å²) < 4.78 is 59.4. The van der Waals surface area contributed by atoms with Crippen LogP contribution in [0.4, 0.5) is 30.6 Å². The summed E-state index contributed by atoms with van der Waals surface area (Å²) in [4.78, 5) is 14.2. The molecule has 1 fully saturated rings. The van der Waals surface area contributed by atoms with Gasteiger partial charge in [-0.2, -0.15) is 18.2 Å². The first-order chi connectivity index (χ1) is 16.8. The quantitative estimate of drug-likeness (QED) is 0.574. The number of nitrogens with one attached hydrogen (secondary N) is 1. The van der Waals surface area contributed by atoms with Gasteiger partial charge in [-0.3, -0.25) is 0 Å². The minimum Gasteiger partial charge on any atom is -0.494 e. The Morgan fingerprint density at radius 3 is 2.69 bits per heavy atom. The Labute approximate surface area is 199 Å². The van der Waals surface area contributed by atoms with Crippen LogP contribution in [0, 0.1) is 6.92 Å². The maximum atomic E-state index is 13.6. The topological polar surface area (TPSA) is 86.6 Å². The van der Waals surface area contributed by atoms with E-state index in [-0.39, 0.29) is 24.1 Å². The molecule has 2 aliphatic heterocycles. The van der Waals surface area contributed by atoms with Crippen LogP contribution in [-0.2, 0) is 4.74 Å². The second-order valence-electron chi connectivity index (χ2n) is 8.64.